The lowest BCUT2D eigenvalue weighted by atomic mass is 10.1. The second kappa shape index (κ2) is 6.78. The van der Waals surface area contributed by atoms with E-state index in [4.69, 9.17) is 0 Å². The van der Waals surface area contributed by atoms with Gasteiger partial charge in [-0.3, -0.25) is 4.79 Å². The maximum absolute atomic E-state index is 11.1. The molecule has 1 atom stereocenters. The summed E-state index contributed by atoms with van der Waals surface area (Å²) in [4.78, 5) is 13.7. The van der Waals surface area contributed by atoms with Crippen LogP contribution < -0.4 is 0 Å². The van der Waals surface area contributed by atoms with Crippen LogP contribution in [-0.2, 0) is 4.79 Å². The van der Waals surface area contributed by atoms with Gasteiger partial charge in [-0.25, -0.2) is 0 Å². The van der Waals surface area contributed by atoms with Crippen molar-refractivity contribution in [3.8, 4) is 0 Å². The van der Waals surface area contributed by atoms with Gasteiger partial charge in [0.2, 0.25) is 0 Å². The summed E-state index contributed by atoms with van der Waals surface area (Å²) in [5, 5.41) is 0. The molecule has 0 aromatic heterocycles. The number of hydrogen-bond acceptors (Lipinski definition) is 2. The first-order valence-electron chi connectivity index (χ1n) is 6.13. The van der Waals surface area contributed by atoms with Gasteiger partial charge >= 0.3 is 0 Å². The molecule has 1 heterocycles. The lowest BCUT2D eigenvalue weighted by molar-refractivity contribution is -0.114. The molecule has 0 spiro atoms. The summed E-state index contributed by atoms with van der Waals surface area (Å²) < 4.78 is 0. The Morgan fingerprint density at radius 3 is 2.47 bits per heavy atom. The molecule has 1 rings (SSSR count). The van der Waals surface area contributed by atoms with E-state index in [0.29, 0.717) is 12.5 Å². The summed E-state index contributed by atoms with van der Waals surface area (Å²) in [6.07, 6.45) is 8.45. The average molecular weight is 209 g/mol. The molecule has 1 aliphatic heterocycles. The molecule has 2 nitrogen and oxygen atoms in total. The van der Waals surface area contributed by atoms with Crippen molar-refractivity contribution in [3.05, 3.63) is 12.7 Å². The molecule has 15 heavy (non-hydrogen) atoms. The van der Waals surface area contributed by atoms with Gasteiger partial charge in [0.25, 0.3) is 0 Å². The quantitative estimate of drug-likeness (QED) is 0.649. The number of rotatable bonds is 5. The third kappa shape index (κ3) is 4.61. The number of carbonyl (C=O) groups is 1. The zero-order valence-electron chi connectivity index (χ0n) is 9.87. The second-order valence-corrected chi connectivity index (χ2v) is 4.51. The molecule has 0 aliphatic carbocycles. The number of ketones is 1. The van der Waals surface area contributed by atoms with E-state index in [0.717, 1.165) is 6.42 Å². The van der Waals surface area contributed by atoms with E-state index in [1.165, 1.54) is 44.8 Å². The molecule has 86 valence electrons. The molecule has 1 aliphatic rings. The standard InChI is InChI=1S/C13H23NO/c1-3-13(15)9-8-12(2)14-10-6-4-5-7-11-14/h3,12H,1,4-11H2,2H3/t12-/m0/s1. The lowest BCUT2D eigenvalue weighted by Crippen LogP contribution is -2.34. The van der Waals surface area contributed by atoms with Crippen LogP contribution in [0.3, 0.4) is 0 Å². The highest BCUT2D eigenvalue weighted by Gasteiger charge is 2.15. The first kappa shape index (κ1) is 12.4. The average Bonchev–Trinajstić information content (AvgIpc) is 2.53. The topological polar surface area (TPSA) is 20.3 Å². The largest absolute Gasteiger partial charge is 0.301 e. The smallest absolute Gasteiger partial charge is 0.155 e. The first-order valence-corrected chi connectivity index (χ1v) is 6.13. The highest BCUT2D eigenvalue weighted by Crippen LogP contribution is 2.15. The minimum atomic E-state index is 0.177. The normalized spacial score (nSPS) is 20.6. The van der Waals surface area contributed by atoms with E-state index in [9.17, 15) is 4.79 Å². The van der Waals surface area contributed by atoms with Crippen molar-refractivity contribution in [2.45, 2.75) is 51.5 Å². The zero-order valence-corrected chi connectivity index (χ0v) is 9.87. The summed E-state index contributed by atoms with van der Waals surface area (Å²) in [6.45, 7) is 8.16. The molecular formula is C13H23NO. The predicted octanol–water partition coefficient (Wildman–Crippen LogP) is 2.79. The van der Waals surface area contributed by atoms with Crippen molar-refractivity contribution >= 4 is 5.78 Å². The summed E-state index contributed by atoms with van der Waals surface area (Å²) >= 11 is 0. The molecule has 0 unspecified atom stereocenters. The van der Waals surface area contributed by atoms with Crippen LogP contribution in [0.4, 0.5) is 0 Å². The molecule has 0 aromatic rings. The monoisotopic (exact) mass is 209 g/mol. The van der Waals surface area contributed by atoms with Crippen LogP contribution in [0, 0.1) is 0 Å². The van der Waals surface area contributed by atoms with Crippen LogP contribution in [0.2, 0.25) is 0 Å². The van der Waals surface area contributed by atoms with Gasteiger partial charge < -0.3 is 4.90 Å². The van der Waals surface area contributed by atoms with Crippen molar-refractivity contribution in [1.82, 2.24) is 4.90 Å². The van der Waals surface area contributed by atoms with E-state index in [1.54, 1.807) is 0 Å². The number of likely N-dealkylation sites (tertiary alicyclic amines) is 1. The van der Waals surface area contributed by atoms with E-state index in [-0.39, 0.29) is 5.78 Å². The number of hydrogen-bond donors (Lipinski definition) is 0. The highest BCUT2D eigenvalue weighted by molar-refractivity contribution is 5.88. The van der Waals surface area contributed by atoms with Gasteiger partial charge in [-0.15, -0.1) is 0 Å². The van der Waals surface area contributed by atoms with E-state index in [2.05, 4.69) is 18.4 Å². The second-order valence-electron chi connectivity index (χ2n) is 4.51. The summed E-state index contributed by atoms with van der Waals surface area (Å²) in [5.41, 5.74) is 0. The molecule has 1 saturated heterocycles. The van der Waals surface area contributed by atoms with Crippen LogP contribution in [0.15, 0.2) is 12.7 Å². The summed E-state index contributed by atoms with van der Waals surface area (Å²) in [7, 11) is 0. The number of nitrogens with zero attached hydrogens (tertiary/aromatic N) is 1. The number of allylic oxidation sites excluding steroid dienone is 1. The lowest BCUT2D eigenvalue weighted by Gasteiger charge is -2.27. The van der Waals surface area contributed by atoms with Gasteiger partial charge in [-0.05, 0) is 45.4 Å². The molecular weight excluding hydrogens is 186 g/mol. The minimum absolute atomic E-state index is 0.177. The third-order valence-corrected chi connectivity index (χ3v) is 3.30. The van der Waals surface area contributed by atoms with Crippen LogP contribution in [0.25, 0.3) is 0 Å². The predicted molar refractivity (Wildman–Crippen MR) is 63.9 cm³/mol. The maximum atomic E-state index is 11.1. The van der Waals surface area contributed by atoms with Crippen LogP contribution in [0.5, 0.6) is 0 Å². The Kier molecular flexibility index (Phi) is 5.62. The Morgan fingerprint density at radius 1 is 1.33 bits per heavy atom. The SMILES string of the molecule is C=CC(=O)CC[C@H](C)N1CCCCCC1. The van der Waals surface area contributed by atoms with Crippen molar-refractivity contribution in [1.29, 1.82) is 0 Å². The molecule has 0 radical (unpaired) electrons. The third-order valence-electron chi connectivity index (χ3n) is 3.30. The number of carbonyl (C=O) groups excluding carboxylic acids is 1. The van der Waals surface area contributed by atoms with Gasteiger partial charge in [-0.2, -0.15) is 0 Å². The molecule has 1 fully saturated rings. The van der Waals surface area contributed by atoms with Gasteiger partial charge in [-0.1, -0.05) is 19.4 Å². The highest BCUT2D eigenvalue weighted by atomic mass is 16.1. The maximum Gasteiger partial charge on any atom is 0.155 e. The van der Waals surface area contributed by atoms with Crippen LogP contribution in [-0.4, -0.2) is 29.8 Å². The molecule has 0 bridgehead atoms. The van der Waals surface area contributed by atoms with E-state index in [1.807, 2.05) is 0 Å². The molecule has 0 saturated carbocycles. The Labute approximate surface area is 93.3 Å². The molecule has 0 aromatic carbocycles. The molecule has 0 N–H and O–H groups in total. The molecule has 2 heteroatoms. The Bertz CT molecular complexity index is 205. The van der Waals surface area contributed by atoms with Crippen molar-refractivity contribution in [2.24, 2.45) is 0 Å². The fourth-order valence-corrected chi connectivity index (χ4v) is 2.17. The zero-order chi connectivity index (χ0) is 11.1. The van der Waals surface area contributed by atoms with E-state index >= 15 is 0 Å². The Hall–Kier alpha value is -0.630. The molecule has 0 amide bonds. The van der Waals surface area contributed by atoms with Gasteiger partial charge in [0.05, 0.1) is 0 Å². The fourth-order valence-electron chi connectivity index (χ4n) is 2.17. The Balaban J connectivity index is 2.27. The first-order chi connectivity index (χ1) is 7.24. The van der Waals surface area contributed by atoms with Crippen LogP contribution >= 0.6 is 0 Å². The summed E-state index contributed by atoms with van der Waals surface area (Å²) in [6, 6.07) is 0.548. The van der Waals surface area contributed by atoms with Gasteiger partial charge in [0.15, 0.2) is 5.78 Å². The Morgan fingerprint density at radius 2 is 1.93 bits per heavy atom. The van der Waals surface area contributed by atoms with E-state index < -0.39 is 0 Å². The van der Waals surface area contributed by atoms with Crippen molar-refractivity contribution in [2.75, 3.05) is 13.1 Å². The minimum Gasteiger partial charge on any atom is -0.301 e. The van der Waals surface area contributed by atoms with Crippen LogP contribution in [0.1, 0.15) is 45.4 Å². The van der Waals surface area contributed by atoms with Gasteiger partial charge in [0, 0.05) is 12.5 Å². The van der Waals surface area contributed by atoms with Crippen molar-refractivity contribution in [3.63, 3.8) is 0 Å². The van der Waals surface area contributed by atoms with Crippen molar-refractivity contribution < 1.29 is 4.79 Å². The summed E-state index contributed by atoms with van der Waals surface area (Å²) in [5.74, 6) is 0.177. The fraction of sp³-hybridized carbons (Fsp3) is 0.769. The van der Waals surface area contributed by atoms with Gasteiger partial charge in [0.1, 0.15) is 0 Å².